The number of benzene rings is 1. The van der Waals surface area contributed by atoms with E-state index in [1.807, 2.05) is 0 Å². The predicted molar refractivity (Wildman–Crippen MR) is 63.3 cm³/mol. The predicted octanol–water partition coefficient (Wildman–Crippen LogP) is 0.646. The molecule has 2 N–H and O–H groups in total. The first kappa shape index (κ1) is 13.9. The van der Waals surface area contributed by atoms with E-state index in [1.165, 1.54) is 26.4 Å². The molecule has 0 amide bonds. The Morgan fingerprint density at radius 1 is 1.50 bits per heavy atom. The molecule has 7 nitrogen and oxygen atoms in total. The quantitative estimate of drug-likeness (QED) is 0.470. The van der Waals surface area contributed by atoms with Crippen LogP contribution < -0.4 is 10.5 Å². The third-order valence-electron chi connectivity index (χ3n) is 2.40. The van der Waals surface area contributed by atoms with Gasteiger partial charge in [0.25, 0.3) is 0 Å². The van der Waals surface area contributed by atoms with Gasteiger partial charge >= 0.3 is 11.7 Å². The van der Waals surface area contributed by atoms with E-state index in [0.29, 0.717) is 5.56 Å². The molecule has 0 spiro atoms. The number of nitro groups is 1. The van der Waals surface area contributed by atoms with Gasteiger partial charge < -0.3 is 15.2 Å². The fourth-order valence-corrected chi connectivity index (χ4v) is 1.49. The number of nitrogens with two attached hydrogens (primary N) is 1. The van der Waals surface area contributed by atoms with Gasteiger partial charge in [-0.05, 0) is 18.1 Å². The van der Waals surface area contributed by atoms with Crippen molar-refractivity contribution in [1.82, 2.24) is 0 Å². The van der Waals surface area contributed by atoms with Crippen molar-refractivity contribution in [2.24, 2.45) is 5.73 Å². The number of hydrogen-bond acceptors (Lipinski definition) is 6. The number of hydrogen-bond donors (Lipinski definition) is 1. The lowest BCUT2D eigenvalue weighted by molar-refractivity contribution is -0.385. The van der Waals surface area contributed by atoms with Crippen LogP contribution in [-0.4, -0.2) is 31.2 Å². The van der Waals surface area contributed by atoms with Gasteiger partial charge in [-0.1, -0.05) is 6.07 Å². The van der Waals surface area contributed by atoms with Crippen LogP contribution in [0.15, 0.2) is 18.2 Å². The molecule has 0 unspecified atom stereocenters. The van der Waals surface area contributed by atoms with Gasteiger partial charge in [-0.3, -0.25) is 14.9 Å². The smallest absolute Gasteiger partial charge is 0.322 e. The summed E-state index contributed by atoms with van der Waals surface area (Å²) in [6, 6.07) is 3.58. The summed E-state index contributed by atoms with van der Waals surface area (Å²) >= 11 is 0. The molecular formula is C11H14N2O5. The monoisotopic (exact) mass is 254 g/mol. The molecule has 0 radical (unpaired) electrons. The summed E-state index contributed by atoms with van der Waals surface area (Å²) in [4.78, 5) is 21.4. The number of carbonyl (C=O) groups is 1. The first-order valence-electron chi connectivity index (χ1n) is 5.14. The van der Waals surface area contributed by atoms with Crippen LogP contribution in [0.4, 0.5) is 5.69 Å². The summed E-state index contributed by atoms with van der Waals surface area (Å²) in [5, 5.41) is 10.8. The molecule has 0 aliphatic carbocycles. The van der Waals surface area contributed by atoms with Crippen molar-refractivity contribution >= 4 is 11.7 Å². The topological polar surface area (TPSA) is 105 Å². The van der Waals surface area contributed by atoms with Crippen LogP contribution >= 0.6 is 0 Å². The van der Waals surface area contributed by atoms with Gasteiger partial charge in [0.1, 0.15) is 6.04 Å². The second kappa shape index (κ2) is 5.97. The highest BCUT2D eigenvalue weighted by Gasteiger charge is 2.19. The Hall–Kier alpha value is -2.15. The minimum atomic E-state index is -0.844. The lowest BCUT2D eigenvalue weighted by atomic mass is 10.1. The minimum absolute atomic E-state index is 0.160. The van der Waals surface area contributed by atoms with Crippen LogP contribution in [0.25, 0.3) is 0 Å². The van der Waals surface area contributed by atoms with Crippen LogP contribution in [0.2, 0.25) is 0 Å². The Kier molecular flexibility index (Phi) is 4.61. The molecule has 7 heteroatoms. The second-order valence-corrected chi connectivity index (χ2v) is 3.60. The van der Waals surface area contributed by atoms with E-state index in [1.54, 1.807) is 6.07 Å². The van der Waals surface area contributed by atoms with E-state index in [9.17, 15) is 14.9 Å². The first-order valence-corrected chi connectivity index (χ1v) is 5.14. The number of methoxy groups -OCH3 is 2. The molecule has 0 aliphatic heterocycles. The third-order valence-corrected chi connectivity index (χ3v) is 2.40. The van der Waals surface area contributed by atoms with Crippen molar-refractivity contribution in [2.75, 3.05) is 14.2 Å². The lowest BCUT2D eigenvalue weighted by Crippen LogP contribution is -2.33. The molecule has 18 heavy (non-hydrogen) atoms. The van der Waals surface area contributed by atoms with Gasteiger partial charge in [0, 0.05) is 6.07 Å². The van der Waals surface area contributed by atoms with Gasteiger partial charge in [0.15, 0.2) is 5.75 Å². The van der Waals surface area contributed by atoms with E-state index in [4.69, 9.17) is 10.5 Å². The fourth-order valence-electron chi connectivity index (χ4n) is 1.49. The van der Waals surface area contributed by atoms with E-state index < -0.39 is 16.9 Å². The van der Waals surface area contributed by atoms with Crippen molar-refractivity contribution in [3.63, 3.8) is 0 Å². The van der Waals surface area contributed by atoms with E-state index in [0.717, 1.165) is 0 Å². The Bertz CT molecular complexity index is 461. The van der Waals surface area contributed by atoms with Crippen molar-refractivity contribution < 1.29 is 19.2 Å². The Balaban J connectivity index is 2.95. The van der Waals surface area contributed by atoms with Crippen molar-refractivity contribution in [1.29, 1.82) is 0 Å². The van der Waals surface area contributed by atoms with E-state index in [2.05, 4.69) is 4.74 Å². The van der Waals surface area contributed by atoms with Crippen LogP contribution in [-0.2, 0) is 16.0 Å². The van der Waals surface area contributed by atoms with E-state index in [-0.39, 0.29) is 17.9 Å². The zero-order valence-corrected chi connectivity index (χ0v) is 10.1. The molecule has 1 rings (SSSR count). The van der Waals surface area contributed by atoms with Crippen LogP contribution in [0, 0.1) is 10.1 Å². The summed E-state index contributed by atoms with van der Waals surface area (Å²) in [6.45, 7) is 0. The van der Waals surface area contributed by atoms with Crippen LogP contribution in [0.3, 0.4) is 0 Å². The number of esters is 1. The number of nitro benzene ring substituents is 1. The van der Waals surface area contributed by atoms with Crippen LogP contribution in [0.1, 0.15) is 5.56 Å². The maximum Gasteiger partial charge on any atom is 0.322 e. The zero-order chi connectivity index (χ0) is 13.7. The van der Waals surface area contributed by atoms with Crippen molar-refractivity contribution in [3.8, 4) is 5.75 Å². The van der Waals surface area contributed by atoms with Crippen LogP contribution in [0.5, 0.6) is 5.75 Å². The summed E-state index contributed by atoms with van der Waals surface area (Å²) in [5.41, 5.74) is 5.99. The molecule has 1 atom stereocenters. The fraction of sp³-hybridized carbons (Fsp3) is 0.364. The van der Waals surface area contributed by atoms with Gasteiger partial charge in [0.05, 0.1) is 19.1 Å². The molecular weight excluding hydrogens is 240 g/mol. The molecule has 0 aliphatic rings. The standard InChI is InChI=1S/C11H14N2O5/c1-17-10-4-3-7(6-9(10)13(15)16)5-8(12)11(14)18-2/h3-4,6,8H,5,12H2,1-2H3/t8-/m1/s1. The summed E-state index contributed by atoms with van der Waals surface area (Å²) in [7, 11) is 2.58. The first-order chi connectivity index (χ1) is 8.49. The average molecular weight is 254 g/mol. The summed E-state index contributed by atoms with van der Waals surface area (Å²) in [6.07, 6.45) is 0.164. The van der Waals surface area contributed by atoms with Gasteiger partial charge in [-0.2, -0.15) is 0 Å². The molecule has 0 aromatic heterocycles. The Labute approximate surface area is 104 Å². The maximum atomic E-state index is 11.2. The molecule has 0 bridgehead atoms. The number of rotatable bonds is 5. The Morgan fingerprint density at radius 3 is 2.67 bits per heavy atom. The molecule has 0 saturated heterocycles. The maximum absolute atomic E-state index is 11.2. The SMILES string of the molecule is COC(=O)[C@H](N)Cc1ccc(OC)c([N+](=O)[O-])c1. The zero-order valence-electron chi connectivity index (χ0n) is 10.1. The number of carbonyl (C=O) groups excluding carboxylic acids is 1. The highest BCUT2D eigenvalue weighted by Crippen LogP contribution is 2.27. The van der Waals surface area contributed by atoms with Crippen molar-refractivity contribution in [3.05, 3.63) is 33.9 Å². The molecule has 98 valence electrons. The average Bonchev–Trinajstić information content (AvgIpc) is 2.37. The summed E-state index contributed by atoms with van der Waals surface area (Å²) < 4.78 is 9.35. The largest absolute Gasteiger partial charge is 0.490 e. The lowest BCUT2D eigenvalue weighted by Gasteiger charge is -2.09. The molecule has 0 fully saturated rings. The third kappa shape index (κ3) is 3.17. The van der Waals surface area contributed by atoms with E-state index >= 15 is 0 Å². The number of nitrogens with zero attached hydrogens (tertiary/aromatic N) is 1. The van der Waals surface area contributed by atoms with Gasteiger partial charge in [0.2, 0.25) is 0 Å². The highest BCUT2D eigenvalue weighted by molar-refractivity contribution is 5.75. The summed E-state index contributed by atoms with van der Waals surface area (Å²) in [5.74, 6) is -0.399. The molecule has 1 aromatic carbocycles. The van der Waals surface area contributed by atoms with Gasteiger partial charge in [-0.15, -0.1) is 0 Å². The Morgan fingerprint density at radius 2 is 2.17 bits per heavy atom. The highest BCUT2D eigenvalue weighted by atomic mass is 16.6. The minimum Gasteiger partial charge on any atom is -0.490 e. The molecule has 0 heterocycles. The normalized spacial score (nSPS) is 11.7. The second-order valence-electron chi connectivity index (χ2n) is 3.60. The van der Waals surface area contributed by atoms with Gasteiger partial charge in [-0.25, -0.2) is 0 Å². The van der Waals surface area contributed by atoms with Crippen molar-refractivity contribution in [2.45, 2.75) is 12.5 Å². The number of ether oxygens (including phenoxy) is 2. The molecule has 0 saturated carbocycles. The molecule has 1 aromatic rings.